The highest BCUT2D eigenvalue weighted by Crippen LogP contribution is 2.65. The van der Waals surface area contributed by atoms with E-state index < -0.39 is 35.7 Å². The molecule has 3 aliphatic rings. The largest absolute Gasteiger partial charge is 0.346 e. The Morgan fingerprint density at radius 1 is 1.00 bits per heavy atom. The first-order valence-electron chi connectivity index (χ1n) is 15.2. The van der Waals surface area contributed by atoms with Gasteiger partial charge in [0.2, 0.25) is 17.6 Å². The van der Waals surface area contributed by atoms with E-state index in [-0.39, 0.29) is 54.1 Å². The zero-order valence-corrected chi connectivity index (χ0v) is 25.2. The van der Waals surface area contributed by atoms with E-state index >= 15 is 0 Å². The van der Waals surface area contributed by atoms with E-state index in [0.29, 0.717) is 13.0 Å². The molecule has 1 saturated heterocycles. The summed E-state index contributed by atoms with van der Waals surface area (Å²) in [6.45, 7) is 15.9. The summed E-state index contributed by atoms with van der Waals surface area (Å²) >= 11 is 0. The molecule has 0 aromatic rings. The van der Waals surface area contributed by atoms with Gasteiger partial charge in [0.25, 0.3) is 5.91 Å². The van der Waals surface area contributed by atoms with Crippen LogP contribution in [0.3, 0.4) is 0 Å². The van der Waals surface area contributed by atoms with Gasteiger partial charge >= 0.3 is 6.03 Å². The molecule has 228 valence electrons. The Kier molecular flexibility index (Phi) is 11.2. The van der Waals surface area contributed by atoms with Crippen molar-refractivity contribution in [3.63, 3.8) is 0 Å². The monoisotopic (exact) mass is 571 g/mol. The van der Waals surface area contributed by atoms with Crippen molar-refractivity contribution >= 4 is 29.5 Å². The normalized spacial score (nSPS) is 25.1. The van der Waals surface area contributed by atoms with Crippen LogP contribution in [0.4, 0.5) is 4.79 Å². The van der Waals surface area contributed by atoms with E-state index in [0.717, 1.165) is 38.5 Å². The lowest BCUT2D eigenvalue weighted by Gasteiger charge is -2.37. The summed E-state index contributed by atoms with van der Waals surface area (Å²) in [6, 6.07) is -2.99. The molecule has 0 bridgehead atoms. The maximum atomic E-state index is 14.2. The number of amides is 5. The second-order valence-corrected chi connectivity index (χ2v) is 12.5. The van der Waals surface area contributed by atoms with Crippen LogP contribution < -0.4 is 21.3 Å². The Morgan fingerprint density at radius 2 is 1.68 bits per heavy atom. The first-order chi connectivity index (χ1) is 19.5. The summed E-state index contributed by atoms with van der Waals surface area (Å²) in [7, 11) is 0. The van der Waals surface area contributed by atoms with Gasteiger partial charge in [-0.1, -0.05) is 52.2 Å². The first-order valence-corrected chi connectivity index (χ1v) is 15.2. The number of carbonyl (C=O) groups is 5. The molecule has 0 aromatic carbocycles. The fourth-order valence-corrected chi connectivity index (χ4v) is 6.57. The maximum absolute atomic E-state index is 14.2. The van der Waals surface area contributed by atoms with Crippen molar-refractivity contribution in [2.75, 3.05) is 13.1 Å². The molecule has 1 aliphatic heterocycles. The van der Waals surface area contributed by atoms with Gasteiger partial charge < -0.3 is 26.2 Å². The number of fused-ring (bicyclic) bond motifs is 1. The van der Waals surface area contributed by atoms with Crippen LogP contribution in [0.5, 0.6) is 0 Å². The van der Waals surface area contributed by atoms with E-state index in [1.54, 1.807) is 11.0 Å². The Bertz CT molecular complexity index is 1020. The van der Waals surface area contributed by atoms with Crippen molar-refractivity contribution in [1.82, 2.24) is 26.2 Å². The molecule has 4 N–H and O–H groups in total. The van der Waals surface area contributed by atoms with Crippen LogP contribution in [0.15, 0.2) is 25.3 Å². The van der Waals surface area contributed by atoms with Gasteiger partial charge in [-0.15, -0.1) is 13.2 Å². The number of nitrogens with zero attached hydrogens (tertiary/aromatic N) is 1. The number of hydrogen-bond acceptors (Lipinski definition) is 5. The molecule has 10 heteroatoms. The molecule has 2 saturated carbocycles. The third kappa shape index (κ3) is 7.57. The van der Waals surface area contributed by atoms with Gasteiger partial charge in [-0.05, 0) is 62.2 Å². The van der Waals surface area contributed by atoms with Crippen molar-refractivity contribution in [3.8, 4) is 0 Å². The Morgan fingerprint density at radius 3 is 2.29 bits per heavy atom. The predicted octanol–water partition coefficient (Wildman–Crippen LogP) is 2.84. The second-order valence-electron chi connectivity index (χ2n) is 12.5. The fourth-order valence-electron chi connectivity index (χ4n) is 6.57. The number of piperidine rings is 1. The molecule has 2 aliphatic carbocycles. The Balaban J connectivity index is 1.84. The SMILES string of the molecule is C=CCC[C@@H](NC(=O)[C@@H]1[C@@H]2C(CN1C(=O)[C@@H](NC(=O)NC(C)CC)C1CCCCC1)C2(C)C)C(=O)C(=O)NCC=C. The van der Waals surface area contributed by atoms with Crippen LogP contribution in [0.2, 0.25) is 0 Å². The summed E-state index contributed by atoms with van der Waals surface area (Å²) in [5, 5.41) is 11.2. The molecule has 0 spiro atoms. The van der Waals surface area contributed by atoms with Crippen LogP contribution in [-0.4, -0.2) is 71.7 Å². The number of likely N-dealkylation sites (tertiary alicyclic amines) is 1. The lowest BCUT2D eigenvalue weighted by molar-refractivity contribution is -0.144. The third-order valence-electron chi connectivity index (χ3n) is 9.35. The lowest BCUT2D eigenvalue weighted by atomic mass is 9.83. The van der Waals surface area contributed by atoms with E-state index in [1.807, 2.05) is 13.8 Å². The number of rotatable bonds is 14. The zero-order valence-electron chi connectivity index (χ0n) is 25.2. The minimum absolute atomic E-state index is 0.0111. The molecule has 3 rings (SSSR count). The molecule has 6 atom stereocenters. The number of urea groups is 1. The quantitative estimate of drug-likeness (QED) is 0.188. The van der Waals surface area contributed by atoms with E-state index in [1.165, 1.54) is 6.08 Å². The van der Waals surface area contributed by atoms with Gasteiger partial charge in [0.15, 0.2) is 0 Å². The van der Waals surface area contributed by atoms with Crippen LogP contribution in [0.1, 0.15) is 79.1 Å². The summed E-state index contributed by atoms with van der Waals surface area (Å²) < 4.78 is 0. The van der Waals surface area contributed by atoms with E-state index in [9.17, 15) is 24.0 Å². The van der Waals surface area contributed by atoms with Gasteiger partial charge in [0, 0.05) is 19.1 Å². The van der Waals surface area contributed by atoms with E-state index in [2.05, 4.69) is 48.3 Å². The van der Waals surface area contributed by atoms with Crippen molar-refractivity contribution in [2.24, 2.45) is 23.2 Å². The highest BCUT2D eigenvalue weighted by atomic mass is 16.2. The van der Waals surface area contributed by atoms with Crippen molar-refractivity contribution in [1.29, 1.82) is 0 Å². The molecule has 3 fully saturated rings. The van der Waals surface area contributed by atoms with Gasteiger partial charge in [-0.3, -0.25) is 19.2 Å². The molecule has 0 aromatic heterocycles. The molecular formula is C31H49N5O5. The number of nitrogens with one attached hydrogen (secondary N) is 4. The number of ketones is 1. The molecule has 1 heterocycles. The summed E-state index contributed by atoms with van der Waals surface area (Å²) in [4.78, 5) is 67.9. The van der Waals surface area contributed by atoms with Gasteiger partial charge in [0.05, 0.1) is 6.04 Å². The van der Waals surface area contributed by atoms with Crippen LogP contribution >= 0.6 is 0 Å². The minimum Gasteiger partial charge on any atom is -0.346 e. The maximum Gasteiger partial charge on any atom is 0.315 e. The van der Waals surface area contributed by atoms with Gasteiger partial charge in [-0.25, -0.2) is 4.79 Å². The first kappa shape index (κ1) is 32.3. The molecule has 10 nitrogen and oxygen atoms in total. The summed E-state index contributed by atoms with van der Waals surface area (Å²) in [5.74, 6) is -2.18. The van der Waals surface area contributed by atoms with Gasteiger partial charge in [-0.2, -0.15) is 0 Å². The van der Waals surface area contributed by atoms with Crippen molar-refractivity contribution in [3.05, 3.63) is 25.3 Å². The number of hydrogen-bond donors (Lipinski definition) is 4. The topological polar surface area (TPSA) is 137 Å². The highest BCUT2D eigenvalue weighted by molar-refractivity contribution is 6.38. The summed E-state index contributed by atoms with van der Waals surface area (Å²) in [6.07, 6.45) is 9.26. The van der Waals surface area contributed by atoms with Crippen LogP contribution in [0, 0.1) is 23.2 Å². The number of Topliss-reactive ketones (excluding diaryl/α,β-unsaturated/α-hetero) is 1. The molecular weight excluding hydrogens is 522 g/mol. The zero-order chi connectivity index (χ0) is 30.3. The predicted molar refractivity (Wildman–Crippen MR) is 158 cm³/mol. The molecule has 0 radical (unpaired) electrons. The Hall–Kier alpha value is -3.17. The number of carbonyl (C=O) groups excluding carboxylic acids is 5. The smallest absolute Gasteiger partial charge is 0.315 e. The van der Waals surface area contributed by atoms with Crippen LogP contribution in [0.25, 0.3) is 0 Å². The molecule has 2 unspecified atom stereocenters. The third-order valence-corrected chi connectivity index (χ3v) is 9.35. The number of allylic oxidation sites excluding steroid dienone is 1. The highest BCUT2D eigenvalue weighted by Gasteiger charge is 2.69. The second kappa shape index (κ2) is 14.1. The van der Waals surface area contributed by atoms with Crippen molar-refractivity contribution in [2.45, 2.75) is 103 Å². The average molecular weight is 572 g/mol. The average Bonchev–Trinajstić information content (AvgIpc) is 3.27. The summed E-state index contributed by atoms with van der Waals surface area (Å²) in [5.41, 5.74) is -0.136. The standard InChI is InChI=1S/C31H49N5O5/c1-7-10-16-22(26(37)28(39)32-17-8-2)34-27(38)25-23-21(31(23,5)6)18-36(25)29(40)24(20-14-12-11-13-15-20)35-30(41)33-19(4)9-3/h7-8,19-25H,1-2,9-18H2,3-6H3,(H,32,39)(H,34,38)(H2,33,35,41)/t19?,21?,22-,23+,24+,25+/m1/s1. The lowest BCUT2D eigenvalue weighted by Crippen LogP contribution is -2.60. The minimum atomic E-state index is -1.04. The molecule has 5 amide bonds. The van der Waals surface area contributed by atoms with E-state index in [4.69, 9.17) is 0 Å². The molecule has 41 heavy (non-hydrogen) atoms. The Labute approximate surface area is 244 Å². The van der Waals surface area contributed by atoms with Crippen LogP contribution in [-0.2, 0) is 19.2 Å². The van der Waals surface area contributed by atoms with Gasteiger partial charge in [0.1, 0.15) is 12.1 Å². The van der Waals surface area contributed by atoms with Crippen molar-refractivity contribution < 1.29 is 24.0 Å². The fraction of sp³-hybridized carbons (Fsp3) is 0.710.